The van der Waals surface area contributed by atoms with Crippen molar-refractivity contribution >= 4 is 18.4 Å². The van der Waals surface area contributed by atoms with Crippen LogP contribution in [0.1, 0.15) is 23.2 Å². The second-order valence-corrected chi connectivity index (χ2v) is 2.67. The first kappa shape index (κ1) is 6.40. The summed E-state index contributed by atoms with van der Waals surface area (Å²) < 4.78 is 0. The average Bonchev–Trinajstić information content (AvgIpc) is 2.47. The van der Waals surface area contributed by atoms with E-state index < -0.39 is 0 Å². The zero-order valence-corrected chi connectivity index (χ0v) is 6.13. The van der Waals surface area contributed by atoms with Gasteiger partial charge in [0.1, 0.15) is 0 Å². The SMILES string of the molecule is O=Cc1c[nH]c2c1=CCCC=2. The second kappa shape index (κ2) is 2.38. The molecule has 0 unspecified atom stereocenters. The molecule has 0 saturated heterocycles. The third-order valence-corrected chi connectivity index (χ3v) is 1.97. The van der Waals surface area contributed by atoms with Gasteiger partial charge in [0.2, 0.25) is 0 Å². The van der Waals surface area contributed by atoms with Crippen LogP contribution in [0, 0.1) is 0 Å². The van der Waals surface area contributed by atoms with Crippen molar-refractivity contribution in [2.75, 3.05) is 0 Å². The summed E-state index contributed by atoms with van der Waals surface area (Å²) in [5, 5.41) is 2.17. The van der Waals surface area contributed by atoms with Gasteiger partial charge in [0.25, 0.3) is 0 Å². The van der Waals surface area contributed by atoms with Crippen LogP contribution in [0.4, 0.5) is 0 Å². The smallest absolute Gasteiger partial charge is 0.152 e. The third kappa shape index (κ3) is 0.909. The third-order valence-electron chi connectivity index (χ3n) is 1.97. The molecular weight excluding hydrogens is 138 g/mol. The van der Waals surface area contributed by atoms with Gasteiger partial charge in [-0.3, -0.25) is 4.79 Å². The lowest BCUT2D eigenvalue weighted by Gasteiger charge is -1.92. The summed E-state index contributed by atoms with van der Waals surface area (Å²) in [5.74, 6) is 0. The fourth-order valence-electron chi connectivity index (χ4n) is 1.42. The van der Waals surface area contributed by atoms with E-state index >= 15 is 0 Å². The first-order valence-corrected chi connectivity index (χ1v) is 3.75. The minimum absolute atomic E-state index is 0.774. The fraction of sp³-hybridized carbons (Fsp3) is 0.222. The number of carbonyl (C=O) groups excluding carboxylic acids is 1. The summed E-state index contributed by atoms with van der Waals surface area (Å²) >= 11 is 0. The number of fused-ring (bicyclic) bond motifs is 1. The number of aromatic amines is 1. The zero-order valence-electron chi connectivity index (χ0n) is 6.13. The molecule has 2 nitrogen and oxygen atoms in total. The number of aldehydes is 1. The van der Waals surface area contributed by atoms with Gasteiger partial charge in [-0.15, -0.1) is 0 Å². The summed E-state index contributed by atoms with van der Waals surface area (Å²) in [6.07, 6.45) is 9.01. The van der Waals surface area contributed by atoms with Crippen molar-refractivity contribution in [2.45, 2.75) is 12.8 Å². The van der Waals surface area contributed by atoms with E-state index in [-0.39, 0.29) is 0 Å². The predicted octanol–water partition coefficient (Wildman–Crippen LogP) is 0.182. The first-order valence-electron chi connectivity index (χ1n) is 3.75. The molecule has 0 saturated carbocycles. The molecule has 1 N–H and O–H groups in total. The molecule has 11 heavy (non-hydrogen) atoms. The van der Waals surface area contributed by atoms with Crippen LogP contribution in [0.25, 0.3) is 12.2 Å². The van der Waals surface area contributed by atoms with Crippen LogP contribution in [0.2, 0.25) is 0 Å². The number of aromatic nitrogens is 1. The van der Waals surface area contributed by atoms with Crippen molar-refractivity contribution in [1.29, 1.82) is 0 Å². The molecule has 0 bridgehead atoms. The molecule has 1 heterocycles. The standard InChI is InChI=1S/C9H9NO/c11-6-7-5-10-9-4-2-1-3-8(7)9/h3-6,10H,1-2H2. The molecule has 1 aliphatic carbocycles. The summed E-state index contributed by atoms with van der Waals surface area (Å²) in [4.78, 5) is 13.5. The summed E-state index contributed by atoms with van der Waals surface area (Å²) in [7, 11) is 0. The number of carbonyl (C=O) groups is 1. The van der Waals surface area contributed by atoms with Gasteiger partial charge in [0.05, 0.1) is 0 Å². The highest BCUT2D eigenvalue weighted by molar-refractivity contribution is 5.75. The lowest BCUT2D eigenvalue weighted by molar-refractivity contribution is 0.112. The molecular formula is C9H9NO. The Hall–Kier alpha value is -1.31. The Balaban J connectivity index is 2.83. The highest BCUT2D eigenvalue weighted by Gasteiger charge is 1.99. The van der Waals surface area contributed by atoms with E-state index in [0.717, 1.165) is 35.3 Å². The van der Waals surface area contributed by atoms with Gasteiger partial charge in [-0.25, -0.2) is 0 Å². The van der Waals surface area contributed by atoms with Gasteiger partial charge in [-0.05, 0) is 12.8 Å². The molecule has 0 fully saturated rings. The molecule has 0 spiro atoms. The molecule has 2 heteroatoms. The van der Waals surface area contributed by atoms with Gasteiger partial charge >= 0.3 is 0 Å². The Labute approximate surface area is 64.2 Å². The molecule has 1 aromatic heterocycles. The Morgan fingerprint density at radius 1 is 1.36 bits per heavy atom. The van der Waals surface area contributed by atoms with Gasteiger partial charge in [0.15, 0.2) is 6.29 Å². The van der Waals surface area contributed by atoms with Crippen LogP contribution in [-0.4, -0.2) is 11.3 Å². The van der Waals surface area contributed by atoms with Crippen molar-refractivity contribution in [3.63, 3.8) is 0 Å². The van der Waals surface area contributed by atoms with Crippen molar-refractivity contribution in [2.24, 2.45) is 0 Å². The maximum Gasteiger partial charge on any atom is 0.152 e. The molecule has 0 amide bonds. The van der Waals surface area contributed by atoms with Crippen LogP contribution in [0.15, 0.2) is 6.20 Å². The summed E-state index contributed by atoms with van der Waals surface area (Å²) in [5.41, 5.74) is 0.774. The lowest BCUT2D eigenvalue weighted by atomic mass is 10.1. The fourth-order valence-corrected chi connectivity index (χ4v) is 1.42. The lowest BCUT2D eigenvalue weighted by Crippen LogP contribution is -2.26. The second-order valence-electron chi connectivity index (χ2n) is 2.67. The Bertz CT molecular complexity index is 386. The van der Waals surface area contributed by atoms with E-state index in [9.17, 15) is 4.79 Å². The monoisotopic (exact) mass is 147 g/mol. The minimum atomic E-state index is 0.774. The van der Waals surface area contributed by atoms with Crippen LogP contribution in [-0.2, 0) is 0 Å². The number of hydrogen-bond donors (Lipinski definition) is 1. The normalized spacial score (nSPS) is 14.5. The van der Waals surface area contributed by atoms with Crippen LogP contribution < -0.4 is 10.6 Å². The first-order chi connectivity index (χ1) is 5.42. The van der Waals surface area contributed by atoms with E-state index in [1.54, 1.807) is 6.20 Å². The van der Waals surface area contributed by atoms with Crippen molar-refractivity contribution < 1.29 is 4.79 Å². The largest absolute Gasteiger partial charge is 0.361 e. The van der Waals surface area contributed by atoms with Gasteiger partial charge < -0.3 is 4.98 Å². The van der Waals surface area contributed by atoms with Gasteiger partial charge in [-0.1, -0.05) is 12.2 Å². The van der Waals surface area contributed by atoms with E-state index in [1.165, 1.54) is 0 Å². The number of rotatable bonds is 1. The van der Waals surface area contributed by atoms with E-state index in [2.05, 4.69) is 17.1 Å². The number of H-pyrrole nitrogens is 1. The predicted molar refractivity (Wildman–Crippen MR) is 43.6 cm³/mol. The highest BCUT2D eigenvalue weighted by atomic mass is 16.1. The molecule has 2 rings (SSSR count). The maximum absolute atomic E-state index is 10.5. The van der Waals surface area contributed by atoms with E-state index in [1.807, 2.05) is 0 Å². The average molecular weight is 147 g/mol. The minimum Gasteiger partial charge on any atom is -0.361 e. The Morgan fingerprint density at radius 3 is 3.00 bits per heavy atom. The van der Waals surface area contributed by atoms with Gasteiger partial charge in [-0.2, -0.15) is 0 Å². The van der Waals surface area contributed by atoms with Crippen molar-refractivity contribution in [3.8, 4) is 0 Å². The molecule has 0 radical (unpaired) electrons. The zero-order chi connectivity index (χ0) is 7.68. The molecule has 0 atom stereocenters. The van der Waals surface area contributed by atoms with Crippen LogP contribution in [0.5, 0.6) is 0 Å². The molecule has 0 aliphatic heterocycles. The van der Waals surface area contributed by atoms with Crippen LogP contribution >= 0.6 is 0 Å². The number of hydrogen-bond acceptors (Lipinski definition) is 1. The van der Waals surface area contributed by atoms with E-state index in [0.29, 0.717) is 0 Å². The topological polar surface area (TPSA) is 32.9 Å². The molecule has 56 valence electrons. The van der Waals surface area contributed by atoms with Crippen molar-refractivity contribution in [1.82, 2.24) is 4.98 Å². The molecule has 1 aliphatic rings. The molecule has 0 aromatic carbocycles. The maximum atomic E-state index is 10.5. The number of nitrogens with one attached hydrogen (secondary N) is 1. The summed E-state index contributed by atoms with van der Waals surface area (Å²) in [6.45, 7) is 0. The highest BCUT2D eigenvalue weighted by Crippen LogP contribution is 1.95. The van der Waals surface area contributed by atoms with E-state index in [4.69, 9.17) is 0 Å². The quantitative estimate of drug-likeness (QED) is 0.565. The summed E-state index contributed by atoms with van der Waals surface area (Å²) in [6, 6.07) is 0. The molecule has 1 aromatic rings. The Morgan fingerprint density at radius 2 is 2.18 bits per heavy atom. The van der Waals surface area contributed by atoms with Gasteiger partial charge in [0, 0.05) is 22.3 Å². The Kier molecular flexibility index (Phi) is 1.39. The van der Waals surface area contributed by atoms with Crippen molar-refractivity contribution in [3.05, 3.63) is 22.3 Å². The van der Waals surface area contributed by atoms with Crippen LogP contribution in [0.3, 0.4) is 0 Å².